The van der Waals surface area contributed by atoms with Crippen LogP contribution in [0.2, 0.25) is 0 Å². The summed E-state index contributed by atoms with van der Waals surface area (Å²) in [5, 5.41) is 7.73. The topological polar surface area (TPSA) is 56.1 Å². The molecule has 0 amide bonds. The van der Waals surface area contributed by atoms with Gasteiger partial charge in [0.1, 0.15) is 5.54 Å². The lowest BCUT2D eigenvalue weighted by Gasteiger charge is -2.25. The summed E-state index contributed by atoms with van der Waals surface area (Å²) in [6.45, 7) is 0. The van der Waals surface area contributed by atoms with Crippen LogP contribution in [0.1, 0.15) is 19.3 Å². The molecule has 1 fully saturated rings. The Bertz CT molecular complexity index is 435. The van der Waals surface area contributed by atoms with Crippen LogP contribution in [0.3, 0.4) is 0 Å². The lowest BCUT2D eigenvalue weighted by atomic mass is 9.98. The highest BCUT2D eigenvalue weighted by atomic mass is 32.2. The van der Waals surface area contributed by atoms with Crippen LogP contribution in [0.15, 0.2) is 17.3 Å². The van der Waals surface area contributed by atoms with Crippen molar-refractivity contribution in [2.75, 3.05) is 14.2 Å². The summed E-state index contributed by atoms with van der Waals surface area (Å²) >= 11 is 1.79. The average Bonchev–Trinajstić information content (AvgIpc) is 2.96. The fourth-order valence-electron chi connectivity index (χ4n) is 2.46. The van der Waals surface area contributed by atoms with Crippen molar-refractivity contribution < 1.29 is 9.53 Å². The van der Waals surface area contributed by atoms with Gasteiger partial charge in [0.05, 0.1) is 13.3 Å². The van der Waals surface area contributed by atoms with Crippen molar-refractivity contribution in [1.29, 1.82) is 0 Å². The second-order valence-corrected chi connectivity index (χ2v) is 6.03. The van der Waals surface area contributed by atoms with E-state index in [1.54, 1.807) is 16.4 Å². The number of aryl methyl sites for hydroxylation is 1. The third-order valence-corrected chi connectivity index (χ3v) is 4.73. The second-order valence-electron chi connectivity index (χ2n) is 4.66. The van der Waals surface area contributed by atoms with Gasteiger partial charge in [-0.2, -0.15) is 5.10 Å². The number of carbonyl (C=O) groups is 1. The highest BCUT2D eigenvalue weighted by Gasteiger charge is 2.45. The number of esters is 1. The number of rotatable bonds is 4. The summed E-state index contributed by atoms with van der Waals surface area (Å²) in [4.78, 5) is 13.0. The van der Waals surface area contributed by atoms with Crippen LogP contribution in [-0.4, -0.2) is 40.7 Å². The van der Waals surface area contributed by atoms with Crippen LogP contribution >= 0.6 is 11.8 Å². The Morgan fingerprint density at radius 2 is 2.50 bits per heavy atom. The summed E-state index contributed by atoms with van der Waals surface area (Å²) in [6.07, 6.45) is 6.50. The van der Waals surface area contributed by atoms with Crippen molar-refractivity contribution in [2.24, 2.45) is 7.05 Å². The van der Waals surface area contributed by atoms with Crippen LogP contribution in [0.5, 0.6) is 0 Å². The highest BCUT2D eigenvalue weighted by Crippen LogP contribution is 2.40. The van der Waals surface area contributed by atoms with E-state index in [9.17, 15) is 4.79 Å². The molecule has 1 aliphatic carbocycles. The van der Waals surface area contributed by atoms with Crippen molar-refractivity contribution in [2.45, 2.75) is 34.9 Å². The van der Waals surface area contributed by atoms with E-state index in [-0.39, 0.29) is 5.97 Å². The van der Waals surface area contributed by atoms with Crippen molar-refractivity contribution in [3.05, 3.63) is 12.4 Å². The van der Waals surface area contributed by atoms with E-state index in [0.29, 0.717) is 5.25 Å². The summed E-state index contributed by atoms with van der Waals surface area (Å²) in [7, 11) is 5.18. The first kappa shape index (κ1) is 13.4. The number of carbonyl (C=O) groups excluding carboxylic acids is 1. The van der Waals surface area contributed by atoms with Crippen LogP contribution in [0.4, 0.5) is 0 Å². The van der Waals surface area contributed by atoms with Gasteiger partial charge in [-0.25, -0.2) is 0 Å². The smallest absolute Gasteiger partial charge is 0.326 e. The fourth-order valence-corrected chi connectivity index (χ4v) is 3.77. The molecule has 0 bridgehead atoms. The summed E-state index contributed by atoms with van der Waals surface area (Å²) < 4.78 is 6.70. The maximum Gasteiger partial charge on any atom is 0.326 e. The van der Waals surface area contributed by atoms with Gasteiger partial charge in [0.15, 0.2) is 0 Å². The minimum Gasteiger partial charge on any atom is -0.468 e. The van der Waals surface area contributed by atoms with Gasteiger partial charge in [-0.05, 0) is 26.3 Å². The largest absolute Gasteiger partial charge is 0.468 e. The zero-order chi connectivity index (χ0) is 13.2. The molecule has 1 aliphatic rings. The molecular formula is C12H19N3O2S. The number of nitrogens with zero attached hydrogens (tertiary/aromatic N) is 2. The Kier molecular flexibility index (Phi) is 3.97. The standard InChI is InChI=1S/C12H19N3O2S/c1-13-12(11(16)17-3)5-4-9(6-12)18-10-7-14-15(2)8-10/h7-9,13H,4-6H2,1-3H3. The van der Waals surface area contributed by atoms with Gasteiger partial charge in [0, 0.05) is 23.4 Å². The number of thioether (sulfide) groups is 1. The minimum absolute atomic E-state index is 0.153. The SMILES string of the molecule is CNC1(C(=O)OC)CCC(Sc2cnn(C)c2)C1. The highest BCUT2D eigenvalue weighted by molar-refractivity contribution is 8.00. The molecule has 1 saturated carbocycles. The zero-order valence-corrected chi connectivity index (χ0v) is 11.8. The minimum atomic E-state index is -0.505. The van der Waals surface area contributed by atoms with E-state index in [1.165, 1.54) is 7.11 Å². The molecular weight excluding hydrogens is 250 g/mol. The van der Waals surface area contributed by atoms with Crippen molar-refractivity contribution in [1.82, 2.24) is 15.1 Å². The third kappa shape index (κ3) is 2.54. The molecule has 0 spiro atoms. The Morgan fingerprint density at radius 3 is 3.06 bits per heavy atom. The van der Waals surface area contributed by atoms with E-state index in [1.807, 2.05) is 26.5 Å². The Hall–Kier alpha value is -1.01. The molecule has 1 aromatic heterocycles. The predicted molar refractivity (Wildman–Crippen MR) is 70.5 cm³/mol. The lowest BCUT2D eigenvalue weighted by molar-refractivity contribution is -0.148. The van der Waals surface area contributed by atoms with Gasteiger partial charge in [-0.1, -0.05) is 0 Å². The predicted octanol–water partition coefficient (Wildman–Crippen LogP) is 1.20. The maximum atomic E-state index is 11.9. The lowest BCUT2D eigenvalue weighted by Crippen LogP contribution is -2.49. The number of hydrogen-bond acceptors (Lipinski definition) is 5. The van der Waals surface area contributed by atoms with Gasteiger partial charge in [0.2, 0.25) is 0 Å². The Balaban J connectivity index is 2.01. The van der Waals surface area contributed by atoms with Gasteiger partial charge >= 0.3 is 5.97 Å². The molecule has 0 aromatic carbocycles. The van der Waals surface area contributed by atoms with E-state index in [2.05, 4.69) is 10.4 Å². The molecule has 1 heterocycles. The molecule has 2 atom stereocenters. The summed E-state index contributed by atoms with van der Waals surface area (Å²) in [5.41, 5.74) is -0.505. The number of methoxy groups -OCH3 is 1. The van der Waals surface area contributed by atoms with Crippen molar-refractivity contribution >= 4 is 17.7 Å². The van der Waals surface area contributed by atoms with E-state index < -0.39 is 5.54 Å². The molecule has 1 N–H and O–H groups in total. The molecule has 2 unspecified atom stereocenters. The molecule has 2 rings (SSSR count). The normalized spacial score (nSPS) is 27.4. The van der Waals surface area contributed by atoms with Crippen LogP contribution in [-0.2, 0) is 16.6 Å². The van der Waals surface area contributed by atoms with Crippen LogP contribution in [0, 0.1) is 0 Å². The average molecular weight is 269 g/mol. The first-order chi connectivity index (χ1) is 8.59. The van der Waals surface area contributed by atoms with Crippen LogP contribution in [0.25, 0.3) is 0 Å². The number of hydrogen-bond donors (Lipinski definition) is 1. The zero-order valence-electron chi connectivity index (χ0n) is 11.0. The fraction of sp³-hybridized carbons (Fsp3) is 0.667. The van der Waals surface area contributed by atoms with Crippen molar-refractivity contribution in [3.63, 3.8) is 0 Å². The van der Waals surface area contributed by atoms with Crippen molar-refractivity contribution in [3.8, 4) is 0 Å². The molecule has 0 aliphatic heterocycles. The monoisotopic (exact) mass is 269 g/mol. The first-order valence-electron chi connectivity index (χ1n) is 6.02. The van der Waals surface area contributed by atoms with Gasteiger partial charge in [-0.15, -0.1) is 11.8 Å². The molecule has 0 radical (unpaired) electrons. The first-order valence-corrected chi connectivity index (χ1v) is 6.90. The molecule has 5 nitrogen and oxygen atoms in total. The molecule has 100 valence electrons. The van der Waals surface area contributed by atoms with E-state index >= 15 is 0 Å². The molecule has 6 heteroatoms. The third-order valence-electron chi connectivity index (χ3n) is 3.51. The van der Waals surface area contributed by atoms with Gasteiger partial charge < -0.3 is 10.1 Å². The number of nitrogens with one attached hydrogen (secondary N) is 1. The quantitative estimate of drug-likeness (QED) is 0.832. The van der Waals surface area contributed by atoms with Gasteiger partial charge in [-0.3, -0.25) is 9.48 Å². The molecule has 0 saturated heterocycles. The second kappa shape index (κ2) is 5.32. The number of likely N-dealkylation sites (N-methyl/N-ethyl adjacent to an activating group) is 1. The van der Waals surface area contributed by atoms with E-state index in [4.69, 9.17) is 4.74 Å². The van der Waals surface area contributed by atoms with E-state index in [0.717, 1.165) is 24.2 Å². The Morgan fingerprint density at radius 1 is 1.72 bits per heavy atom. The Labute approximate surface area is 111 Å². The summed E-state index contributed by atoms with van der Waals surface area (Å²) in [6, 6.07) is 0. The molecule has 18 heavy (non-hydrogen) atoms. The van der Waals surface area contributed by atoms with Gasteiger partial charge in [0.25, 0.3) is 0 Å². The number of aromatic nitrogens is 2. The molecule has 1 aromatic rings. The summed E-state index contributed by atoms with van der Waals surface area (Å²) in [5.74, 6) is -0.153. The van der Waals surface area contributed by atoms with Crippen LogP contribution < -0.4 is 5.32 Å². The number of ether oxygens (including phenoxy) is 1. The maximum absolute atomic E-state index is 11.9.